The summed E-state index contributed by atoms with van der Waals surface area (Å²) in [6.45, 7) is -0.316. The van der Waals surface area contributed by atoms with Crippen LogP contribution < -0.4 is 44.6 Å². The number of aliphatic hydroxyl groups excluding tert-OH is 1. The van der Waals surface area contributed by atoms with E-state index in [1.807, 2.05) is 0 Å². The molecule has 0 aliphatic heterocycles. The average Bonchev–Trinajstić information content (AvgIpc) is 2.79. The van der Waals surface area contributed by atoms with Crippen molar-refractivity contribution < 1.29 is 29.4 Å². The number of rotatable bonds is 17. The minimum atomic E-state index is -1.29. The molecule has 4 unspecified atom stereocenters. The third kappa shape index (κ3) is 13.9. The molecule has 0 rings (SSSR count). The number of hydrogen-bond acceptors (Lipinski definition) is 9. The molecular weight excluding hydrogens is 484 g/mol. The van der Waals surface area contributed by atoms with Crippen LogP contribution in [0.1, 0.15) is 25.7 Å². The highest BCUT2D eigenvalue weighted by Crippen LogP contribution is 2.04. The first-order valence-electron chi connectivity index (χ1n) is 10.6. The minimum absolute atomic E-state index is 0.0287. The Kier molecular flexibility index (Phi) is 15.5. The lowest BCUT2D eigenvalue weighted by molar-refractivity contribution is -0.142. The van der Waals surface area contributed by atoms with Crippen LogP contribution in [-0.4, -0.2) is 95.4 Å². The molecule has 0 aromatic carbocycles. The number of hydrogen-bond donors (Lipinski definition) is 11. The second kappa shape index (κ2) is 17.2. The summed E-state index contributed by atoms with van der Waals surface area (Å²) in [6.07, 6.45) is 0.625. The highest BCUT2D eigenvalue weighted by molar-refractivity contribution is 7.80. The Morgan fingerprint density at radius 2 is 1.20 bits per heavy atom. The lowest BCUT2D eigenvalue weighted by atomic mass is 10.1. The van der Waals surface area contributed by atoms with Gasteiger partial charge >= 0.3 is 5.97 Å². The van der Waals surface area contributed by atoms with Crippen LogP contribution in [0.2, 0.25) is 0 Å². The number of aliphatic hydroxyl groups is 1. The Morgan fingerprint density at radius 3 is 1.63 bits per heavy atom. The molecule has 4 atom stereocenters. The van der Waals surface area contributed by atoms with Crippen molar-refractivity contribution in [3.05, 3.63) is 0 Å². The maximum absolute atomic E-state index is 12.8. The lowest BCUT2D eigenvalue weighted by Gasteiger charge is -2.24. The number of guanidine groups is 2. The summed E-state index contributed by atoms with van der Waals surface area (Å²) in [5, 5.41) is 25.6. The van der Waals surface area contributed by atoms with Crippen LogP contribution >= 0.6 is 12.6 Å². The zero-order valence-corrected chi connectivity index (χ0v) is 20.1. The van der Waals surface area contributed by atoms with Gasteiger partial charge in [-0.3, -0.25) is 24.4 Å². The molecule has 16 nitrogen and oxygen atoms in total. The molecule has 0 heterocycles. The largest absolute Gasteiger partial charge is 0.480 e. The molecule has 0 bridgehead atoms. The number of carboxylic acid groups (broad SMARTS) is 1. The van der Waals surface area contributed by atoms with Crippen molar-refractivity contribution >= 4 is 48.2 Å². The minimum Gasteiger partial charge on any atom is -0.480 e. The van der Waals surface area contributed by atoms with Gasteiger partial charge in [0.2, 0.25) is 17.7 Å². The Balaban J connectivity index is 5.38. The molecule has 200 valence electrons. The quantitative estimate of drug-likeness (QED) is 0.0373. The van der Waals surface area contributed by atoms with Crippen LogP contribution in [0, 0.1) is 0 Å². The van der Waals surface area contributed by atoms with Crippen molar-refractivity contribution in [1.29, 1.82) is 0 Å². The summed E-state index contributed by atoms with van der Waals surface area (Å²) in [5.41, 5.74) is 26.4. The van der Waals surface area contributed by atoms with Gasteiger partial charge < -0.3 is 54.8 Å². The first-order valence-corrected chi connectivity index (χ1v) is 11.3. The summed E-state index contributed by atoms with van der Waals surface area (Å²) in [4.78, 5) is 56.6. The van der Waals surface area contributed by atoms with Crippen molar-refractivity contribution in [2.45, 2.75) is 49.9 Å². The normalized spacial score (nSPS) is 13.9. The number of aliphatic carboxylic acids is 1. The molecule has 35 heavy (non-hydrogen) atoms. The van der Waals surface area contributed by atoms with Crippen LogP contribution in [-0.2, 0) is 19.2 Å². The van der Waals surface area contributed by atoms with E-state index in [9.17, 15) is 24.3 Å². The highest BCUT2D eigenvalue weighted by atomic mass is 32.1. The maximum atomic E-state index is 12.8. The van der Waals surface area contributed by atoms with Crippen LogP contribution in [0.4, 0.5) is 0 Å². The van der Waals surface area contributed by atoms with Crippen molar-refractivity contribution in [3.63, 3.8) is 0 Å². The number of carbonyl (C=O) groups excluding carboxylic acids is 3. The van der Waals surface area contributed by atoms with Gasteiger partial charge in [-0.25, -0.2) is 4.79 Å². The smallest absolute Gasteiger partial charge is 0.326 e. The van der Waals surface area contributed by atoms with E-state index in [0.29, 0.717) is 0 Å². The van der Waals surface area contributed by atoms with Crippen molar-refractivity contribution in [3.8, 4) is 0 Å². The predicted octanol–water partition coefficient (Wildman–Crippen LogP) is -5.12. The van der Waals surface area contributed by atoms with Crippen molar-refractivity contribution in [2.24, 2.45) is 38.7 Å². The zero-order chi connectivity index (χ0) is 27.0. The molecule has 0 aromatic heterocycles. The molecule has 0 saturated carbocycles. The van der Waals surface area contributed by atoms with Gasteiger partial charge in [-0.2, -0.15) is 12.6 Å². The molecule has 0 saturated heterocycles. The molecule has 0 aliphatic rings. The van der Waals surface area contributed by atoms with Gasteiger partial charge in [-0.15, -0.1) is 0 Å². The third-order valence-corrected chi connectivity index (χ3v) is 4.85. The van der Waals surface area contributed by atoms with Gasteiger partial charge in [0, 0.05) is 18.8 Å². The van der Waals surface area contributed by atoms with E-state index in [0.717, 1.165) is 0 Å². The predicted molar refractivity (Wildman–Crippen MR) is 132 cm³/mol. The second-order valence-corrected chi connectivity index (χ2v) is 7.76. The van der Waals surface area contributed by atoms with Gasteiger partial charge in [0.25, 0.3) is 0 Å². The second-order valence-electron chi connectivity index (χ2n) is 7.39. The van der Waals surface area contributed by atoms with E-state index in [-0.39, 0.29) is 56.4 Å². The monoisotopic (exact) mass is 520 g/mol. The van der Waals surface area contributed by atoms with E-state index in [1.54, 1.807) is 0 Å². The number of amides is 3. The van der Waals surface area contributed by atoms with Crippen LogP contribution in [0.15, 0.2) is 9.98 Å². The summed E-state index contributed by atoms with van der Waals surface area (Å²) in [6, 6.07) is -4.87. The lowest BCUT2D eigenvalue weighted by Crippen LogP contribution is -2.58. The first kappa shape index (κ1) is 31.7. The fraction of sp³-hybridized carbons (Fsp3) is 0.667. The molecule has 0 radical (unpaired) electrons. The number of carbonyl (C=O) groups is 4. The van der Waals surface area contributed by atoms with E-state index >= 15 is 0 Å². The SMILES string of the molecule is NC(N)=NCCCC(NC(=O)C(CCCN=C(N)N)NC(=O)C(CS)NC(=O)C(N)CO)C(=O)O. The zero-order valence-electron chi connectivity index (χ0n) is 19.2. The fourth-order valence-electron chi connectivity index (χ4n) is 2.63. The molecule has 15 N–H and O–H groups in total. The number of aliphatic imine (C=N–C) groups is 2. The standard InChI is InChI=1S/C18H36N10O6S/c19-9(7-29)13(30)28-12(8-35)15(32)26-10(3-1-5-24-17(20)21)14(31)27-11(16(33)34)4-2-6-25-18(22)23/h9-12,29,35H,1-8,19H2,(H,26,32)(H,27,31)(H,28,30)(H,33,34)(H4,20,21,24)(H4,22,23,25). The number of nitrogens with zero attached hydrogens (tertiary/aromatic N) is 2. The number of carboxylic acids is 1. The summed E-state index contributed by atoms with van der Waals surface area (Å²) < 4.78 is 0. The topological polar surface area (TPSA) is 300 Å². The fourth-order valence-corrected chi connectivity index (χ4v) is 2.89. The van der Waals surface area contributed by atoms with Crippen molar-refractivity contribution in [2.75, 3.05) is 25.4 Å². The number of thiol groups is 1. The summed E-state index contributed by atoms with van der Waals surface area (Å²) >= 11 is 4.02. The van der Waals surface area contributed by atoms with Gasteiger partial charge in [0.1, 0.15) is 24.2 Å². The average molecular weight is 521 g/mol. The van der Waals surface area contributed by atoms with E-state index in [2.05, 4.69) is 38.6 Å². The van der Waals surface area contributed by atoms with E-state index in [4.69, 9.17) is 33.8 Å². The Morgan fingerprint density at radius 1 is 0.771 bits per heavy atom. The molecule has 3 amide bonds. The number of nitrogens with two attached hydrogens (primary N) is 5. The van der Waals surface area contributed by atoms with Gasteiger partial charge in [-0.05, 0) is 25.7 Å². The third-order valence-electron chi connectivity index (χ3n) is 4.49. The number of nitrogens with one attached hydrogen (secondary N) is 3. The van der Waals surface area contributed by atoms with Crippen LogP contribution in [0.5, 0.6) is 0 Å². The first-order chi connectivity index (χ1) is 16.4. The molecular formula is C18H36N10O6S. The van der Waals surface area contributed by atoms with Gasteiger partial charge in [0.05, 0.1) is 6.61 Å². The Hall–Kier alpha value is -3.31. The van der Waals surface area contributed by atoms with Crippen molar-refractivity contribution in [1.82, 2.24) is 16.0 Å². The molecule has 17 heteroatoms. The van der Waals surface area contributed by atoms with E-state index < -0.39 is 54.5 Å². The van der Waals surface area contributed by atoms with Gasteiger partial charge in [0.15, 0.2) is 11.9 Å². The van der Waals surface area contributed by atoms with Crippen LogP contribution in [0.25, 0.3) is 0 Å². The molecule has 0 spiro atoms. The maximum Gasteiger partial charge on any atom is 0.326 e. The Bertz CT molecular complexity index is 773. The summed E-state index contributed by atoms with van der Waals surface area (Å²) in [7, 11) is 0. The highest BCUT2D eigenvalue weighted by Gasteiger charge is 2.29. The molecule has 0 aromatic rings. The van der Waals surface area contributed by atoms with E-state index in [1.165, 1.54) is 0 Å². The Labute approximate surface area is 207 Å². The van der Waals surface area contributed by atoms with Crippen LogP contribution in [0.3, 0.4) is 0 Å². The molecule has 0 aliphatic carbocycles. The van der Waals surface area contributed by atoms with Gasteiger partial charge in [-0.1, -0.05) is 0 Å². The summed E-state index contributed by atoms with van der Waals surface area (Å²) in [5.74, 6) is -4.04. The molecule has 0 fully saturated rings.